The molecular formula is C20H25FN2O. The highest BCUT2D eigenvalue weighted by molar-refractivity contribution is 5.92. The molecule has 0 aliphatic heterocycles. The minimum Gasteiger partial charge on any atom is -0.326 e. The first-order valence-electron chi connectivity index (χ1n) is 8.43. The van der Waals surface area contributed by atoms with Gasteiger partial charge in [0.25, 0.3) is 0 Å². The van der Waals surface area contributed by atoms with E-state index in [9.17, 15) is 9.18 Å². The van der Waals surface area contributed by atoms with E-state index in [0.29, 0.717) is 13.0 Å². The van der Waals surface area contributed by atoms with Crippen LogP contribution in [0.2, 0.25) is 0 Å². The maximum absolute atomic E-state index is 12.8. The van der Waals surface area contributed by atoms with Crippen molar-refractivity contribution in [2.75, 3.05) is 18.4 Å². The molecule has 0 spiro atoms. The van der Waals surface area contributed by atoms with E-state index < -0.39 is 0 Å². The van der Waals surface area contributed by atoms with Gasteiger partial charge in [-0.1, -0.05) is 37.3 Å². The molecule has 24 heavy (non-hydrogen) atoms. The van der Waals surface area contributed by atoms with E-state index in [1.54, 1.807) is 12.1 Å². The molecule has 0 unspecified atom stereocenters. The first-order chi connectivity index (χ1) is 11.6. The van der Waals surface area contributed by atoms with Gasteiger partial charge in [-0.25, -0.2) is 4.39 Å². The average molecular weight is 328 g/mol. The van der Waals surface area contributed by atoms with Gasteiger partial charge in [0.05, 0.1) is 0 Å². The summed E-state index contributed by atoms with van der Waals surface area (Å²) in [6.07, 6.45) is 2.15. The van der Waals surface area contributed by atoms with Crippen molar-refractivity contribution in [3.8, 4) is 0 Å². The summed E-state index contributed by atoms with van der Waals surface area (Å²) in [5.74, 6) is -0.195. The molecule has 0 aromatic heterocycles. The van der Waals surface area contributed by atoms with Crippen LogP contribution in [0.1, 0.15) is 30.0 Å². The maximum Gasteiger partial charge on any atom is 0.225 e. The van der Waals surface area contributed by atoms with Crippen LogP contribution in [0.25, 0.3) is 0 Å². The lowest BCUT2D eigenvalue weighted by Crippen LogP contribution is -2.24. The van der Waals surface area contributed by atoms with E-state index >= 15 is 0 Å². The first kappa shape index (κ1) is 18.1. The summed E-state index contributed by atoms with van der Waals surface area (Å²) in [6.45, 7) is 5.49. The lowest BCUT2D eigenvalue weighted by Gasteiger charge is -2.13. The number of anilines is 1. The van der Waals surface area contributed by atoms with Crippen molar-refractivity contribution in [2.45, 2.75) is 33.1 Å². The Bertz CT molecular complexity index is 668. The number of hydrogen-bond acceptors (Lipinski definition) is 2. The number of carbonyl (C=O) groups is 1. The summed E-state index contributed by atoms with van der Waals surface area (Å²) in [4.78, 5) is 12.1. The van der Waals surface area contributed by atoms with Crippen molar-refractivity contribution in [3.63, 3.8) is 0 Å². The molecule has 0 atom stereocenters. The van der Waals surface area contributed by atoms with Crippen molar-refractivity contribution in [1.82, 2.24) is 5.32 Å². The van der Waals surface area contributed by atoms with E-state index in [-0.39, 0.29) is 11.7 Å². The van der Waals surface area contributed by atoms with Crippen LogP contribution in [0.3, 0.4) is 0 Å². The third-order valence-corrected chi connectivity index (χ3v) is 4.04. The van der Waals surface area contributed by atoms with Crippen LogP contribution in [0, 0.1) is 12.7 Å². The zero-order valence-electron chi connectivity index (χ0n) is 14.4. The van der Waals surface area contributed by atoms with Gasteiger partial charge in [-0.3, -0.25) is 4.79 Å². The Kier molecular flexibility index (Phi) is 6.94. The Morgan fingerprint density at radius 1 is 1.08 bits per heavy atom. The Morgan fingerprint density at radius 2 is 1.83 bits per heavy atom. The van der Waals surface area contributed by atoms with Crippen LogP contribution >= 0.6 is 0 Å². The second-order valence-electron chi connectivity index (χ2n) is 5.89. The Hall–Kier alpha value is -2.20. The number of carbonyl (C=O) groups excluding carboxylic acids is 1. The molecule has 1 amide bonds. The van der Waals surface area contributed by atoms with Crippen LogP contribution in [-0.2, 0) is 17.6 Å². The molecule has 0 radical (unpaired) electrons. The zero-order chi connectivity index (χ0) is 17.4. The lowest BCUT2D eigenvalue weighted by molar-refractivity contribution is -0.116. The van der Waals surface area contributed by atoms with Gasteiger partial charge in [-0.05, 0) is 55.1 Å². The highest BCUT2D eigenvalue weighted by atomic mass is 19.1. The van der Waals surface area contributed by atoms with Gasteiger partial charge in [0.2, 0.25) is 5.91 Å². The number of rotatable bonds is 8. The van der Waals surface area contributed by atoms with Crippen molar-refractivity contribution in [1.29, 1.82) is 0 Å². The fourth-order valence-electron chi connectivity index (χ4n) is 2.61. The summed E-state index contributed by atoms with van der Waals surface area (Å²) in [7, 11) is 0. The molecular weight excluding hydrogens is 303 g/mol. The van der Waals surface area contributed by atoms with Crippen molar-refractivity contribution in [2.24, 2.45) is 0 Å². The van der Waals surface area contributed by atoms with Crippen LogP contribution in [0.15, 0.2) is 42.5 Å². The molecule has 0 fully saturated rings. The molecule has 2 aromatic carbocycles. The normalized spacial score (nSPS) is 10.6. The number of nitrogens with one attached hydrogen (secondary N) is 2. The third-order valence-electron chi connectivity index (χ3n) is 4.04. The number of halogens is 1. The summed E-state index contributed by atoms with van der Waals surface area (Å²) in [5, 5.41) is 6.28. The van der Waals surface area contributed by atoms with Gasteiger partial charge < -0.3 is 10.6 Å². The summed E-state index contributed by atoms with van der Waals surface area (Å²) in [6, 6.07) is 12.6. The molecule has 0 saturated carbocycles. The molecule has 0 heterocycles. The predicted octanol–water partition coefficient (Wildman–Crippen LogP) is 3.86. The van der Waals surface area contributed by atoms with E-state index in [2.05, 4.69) is 17.6 Å². The number of benzene rings is 2. The monoisotopic (exact) mass is 328 g/mol. The minimum atomic E-state index is -0.217. The van der Waals surface area contributed by atoms with E-state index in [1.165, 1.54) is 12.1 Å². The van der Waals surface area contributed by atoms with Gasteiger partial charge in [0.1, 0.15) is 5.82 Å². The van der Waals surface area contributed by atoms with E-state index in [4.69, 9.17) is 0 Å². The second kappa shape index (κ2) is 9.18. The average Bonchev–Trinajstić information content (AvgIpc) is 2.58. The van der Waals surface area contributed by atoms with Crippen molar-refractivity contribution < 1.29 is 9.18 Å². The Morgan fingerprint density at radius 3 is 2.54 bits per heavy atom. The van der Waals surface area contributed by atoms with Crippen LogP contribution in [0.4, 0.5) is 10.1 Å². The van der Waals surface area contributed by atoms with Gasteiger partial charge in [0.15, 0.2) is 0 Å². The van der Waals surface area contributed by atoms with E-state index in [1.807, 2.05) is 25.1 Å². The van der Waals surface area contributed by atoms with Crippen molar-refractivity contribution in [3.05, 3.63) is 65.0 Å². The summed E-state index contributed by atoms with van der Waals surface area (Å²) < 4.78 is 12.8. The molecule has 128 valence electrons. The van der Waals surface area contributed by atoms with Gasteiger partial charge >= 0.3 is 0 Å². The van der Waals surface area contributed by atoms with Gasteiger partial charge in [-0.15, -0.1) is 0 Å². The Balaban J connectivity index is 1.71. The largest absolute Gasteiger partial charge is 0.326 e. The van der Waals surface area contributed by atoms with Gasteiger partial charge in [0, 0.05) is 18.7 Å². The maximum atomic E-state index is 12.8. The molecule has 0 bridgehead atoms. The molecule has 0 aliphatic carbocycles. The fraction of sp³-hybridized carbons (Fsp3) is 0.350. The van der Waals surface area contributed by atoms with Crippen LogP contribution in [-0.4, -0.2) is 19.0 Å². The SMILES string of the molecule is CCc1cccc(C)c1NC(=O)CCNCCc1ccc(F)cc1. The quantitative estimate of drug-likeness (QED) is 0.723. The number of para-hydroxylation sites is 1. The molecule has 2 N–H and O–H groups in total. The fourth-order valence-corrected chi connectivity index (χ4v) is 2.61. The van der Waals surface area contributed by atoms with Gasteiger partial charge in [-0.2, -0.15) is 0 Å². The van der Waals surface area contributed by atoms with E-state index in [0.717, 1.165) is 41.8 Å². The topological polar surface area (TPSA) is 41.1 Å². The predicted molar refractivity (Wildman–Crippen MR) is 96.8 cm³/mol. The first-order valence-corrected chi connectivity index (χ1v) is 8.43. The summed E-state index contributed by atoms with van der Waals surface area (Å²) in [5.41, 5.74) is 4.27. The number of aryl methyl sites for hydroxylation is 2. The second-order valence-corrected chi connectivity index (χ2v) is 5.89. The van der Waals surface area contributed by atoms with Crippen LogP contribution in [0.5, 0.6) is 0 Å². The zero-order valence-corrected chi connectivity index (χ0v) is 14.4. The number of amides is 1. The molecule has 0 saturated heterocycles. The third kappa shape index (κ3) is 5.46. The molecule has 2 rings (SSSR count). The molecule has 2 aromatic rings. The highest BCUT2D eigenvalue weighted by Gasteiger charge is 2.08. The molecule has 3 nitrogen and oxygen atoms in total. The molecule has 4 heteroatoms. The van der Waals surface area contributed by atoms with Crippen molar-refractivity contribution >= 4 is 11.6 Å². The Labute approximate surface area is 143 Å². The number of hydrogen-bond donors (Lipinski definition) is 2. The highest BCUT2D eigenvalue weighted by Crippen LogP contribution is 2.21. The minimum absolute atomic E-state index is 0.0216. The van der Waals surface area contributed by atoms with Crippen LogP contribution < -0.4 is 10.6 Å². The molecule has 0 aliphatic rings. The summed E-state index contributed by atoms with van der Waals surface area (Å²) >= 11 is 0. The lowest BCUT2D eigenvalue weighted by atomic mass is 10.1. The standard InChI is InChI=1S/C20H25FN2O/c1-3-17-6-4-5-15(2)20(17)23-19(24)12-14-22-13-11-16-7-9-18(21)10-8-16/h4-10,22H,3,11-14H2,1-2H3,(H,23,24). The smallest absolute Gasteiger partial charge is 0.225 e.